The van der Waals surface area contributed by atoms with E-state index >= 15 is 0 Å². The van der Waals surface area contributed by atoms with Gasteiger partial charge in [0.1, 0.15) is 17.1 Å². The van der Waals surface area contributed by atoms with Crippen LogP contribution in [0, 0.1) is 13.8 Å². The Kier molecular flexibility index (Phi) is 6.37. The summed E-state index contributed by atoms with van der Waals surface area (Å²) in [6.45, 7) is 3.68. The summed E-state index contributed by atoms with van der Waals surface area (Å²) in [4.78, 5) is 38.7. The van der Waals surface area contributed by atoms with Crippen molar-refractivity contribution in [2.75, 3.05) is 12.0 Å². The minimum Gasteiger partial charge on any atom is -0.465 e. The van der Waals surface area contributed by atoms with Gasteiger partial charge in [0.2, 0.25) is 0 Å². The molecule has 3 aromatic rings. The van der Waals surface area contributed by atoms with Crippen LogP contribution < -0.4 is 10.2 Å². The zero-order valence-electron chi connectivity index (χ0n) is 18.5. The zero-order chi connectivity index (χ0) is 24.6. The Morgan fingerprint density at radius 1 is 1.09 bits per heavy atom. The van der Waals surface area contributed by atoms with Crippen molar-refractivity contribution in [1.29, 1.82) is 0 Å². The second-order valence-electron chi connectivity index (χ2n) is 7.61. The van der Waals surface area contributed by atoms with Crippen LogP contribution in [0.25, 0.3) is 17.4 Å². The van der Waals surface area contributed by atoms with E-state index in [1.807, 2.05) is 13.8 Å². The standard InChI is InChI=1S/C25H19ClN2O5S/c1-13-4-6-16(11-20(13)26)28-23(30)19(22(29)27-25(28)34)12-17-7-9-21(33-17)18-8-5-15(10-14(18)2)24(31)32-3/h4-12H,1-3H3,(H,27,29,34)/b19-12+. The number of nitrogens with zero attached hydrogens (tertiary/aromatic N) is 1. The van der Waals surface area contributed by atoms with Crippen LogP contribution in [0.3, 0.4) is 0 Å². The van der Waals surface area contributed by atoms with Crippen molar-refractivity contribution < 1.29 is 23.5 Å². The maximum atomic E-state index is 13.2. The molecule has 0 saturated carbocycles. The van der Waals surface area contributed by atoms with Gasteiger partial charge in [0.25, 0.3) is 11.8 Å². The molecule has 172 valence electrons. The molecule has 1 aromatic heterocycles. The predicted octanol–water partition coefficient (Wildman–Crippen LogP) is 4.83. The highest BCUT2D eigenvalue weighted by molar-refractivity contribution is 7.80. The van der Waals surface area contributed by atoms with E-state index in [1.54, 1.807) is 48.5 Å². The lowest BCUT2D eigenvalue weighted by Gasteiger charge is -2.29. The van der Waals surface area contributed by atoms with Crippen molar-refractivity contribution in [3.63, 3.8) is 0 Å². The first kappa shape index (κ1) is 23.4. The van der Waals surface area contributed by atoms with Crippen LogP contribution in [0.5, 0.6) is 0 Å². The lowest BCUT2D eigenvalue weighted by molar-refractivity contribution is -0.122. The molecule has 1 N–H and O–H groups in total. The summed E-state index contributed by atoms with van der Waals surface area (Å²) in [6.07, 6.45) is 1.36. The number of benzene rings is 2. The molecule has 9 heteroatoms. The Bertz CT molecular complexity index is 1390. The largest absolute Gasteiger partial charge is 0.465 e. The quantitative estimate of drug-likeness (QED) is 0.242. The molecule has 7 nitrogen and oxygen atoms in total. The molecular weight excluding hydrogens is 476 g/mol. The fourth-order valence-corrected chi connectivity index (χ4v) is 3.97. The maximum Gasteiger partial charge on any atom is 0.337 e. The molecule has 0 unspecified atom stereocenters. The number of hydrogen-bond donors (Lipinski definition) is 1. The van der Waals surface area contributed by atoms with Gasteiger partial charge in [-0.15, -0.1) is 0 Å². The summed E-state index contributed by atoms with van der Waals surface area (Å²) in [5.74, 6) is -0.827. The third-order valence-corrected chi connectivity index (χ3v) is 6.03. The Hall–Kier alpha value is -3.75. The molecule has 2 amide bonds. The van der Waals surface area contributed by atoms with Gasteiger partial charge in [-0.05, 0) is 79.7 Å². The van der Waals surface area contributed by atoms with E-state index in [2.05, 4.69) is 5.32 Å². The van der Waals surface area contributed by atoms with Gasteiger partial charge >= 0.3 is 5.97 Å². The van der Waals surface area contributed by atoms with Crippen LogP contribution in [-0.2, 0) is 14.3 Å². The van der Waals surface area contributed by atoms with Crippen LogP contribution in [0.1, 0.15) is 27.2 Å². The number of nitrogens with one attached hydrogen (secondary N) is 1. The fraction of sp³-hybridized carbons (Fsp3) is 0.120. The van der Waals surface area contributed by atoms with Gasteiger partial charge in [-0.1, -0.05) is 23.7 Å². The summed E-state index contributed by atoms with van der Waals surface area (Å²) in [7, 11) is 1.32. The lowest BCUT2D eigenvalue weighted by Crippen LogP contribution is -2.54. The third kappa shape index (κ3) is 4.37. The molecule has 1 aliphatic heterocycles. The van der Waals surface area contributed by atoms with Crippen molar-refractivity contribution >= 4 is 58.5 Å². The highest BCUT2D eigenvalue weighted by atomic mass is 35.5. The summed E-state index contributed by atoms with van der Waals surface area (Å²) in [6, 6.07) is 13.5. The number of rotatable bonds is 4. The van der Waals surface area contributed by atoms with Gasteiger partial charge in [-0.2, -0.15) is 0 Å². The normalized spacial score (nSPS) is 15.0. The van der Waals surface area contributed by atoms with E-state index in [1.165, 1.54) is 18.1 Å². The van der Waals surface area contributed by atoms with Crippen molar-refractivity contribution in [2.24, 2.45) is 0 Å². The molecule has 0 atom stereocenters. The van der Waals surface area contributed by atoms with Gasteiger partial charge in [-0.25, -0.2) is 4.79 Å². The molecular formula is C25H19ClN2O5S. The number of esters is 1. The first-order valence-electron chi connectivity index (χ1n) is 10.2. The number of ether oxygens (including phenoxy) is 1. The number of halogens is 1. The minimum absolute atomic E-state index is 0.0338. The molecule has 2 aromatic carbocycles. The van der Waals surface area contributed by atoms with Gasteiger partial charge in [-0.3, -0.25) is 19.8 Å². The lowest BCUT2D eigenvalue weighted by atomic mass is 10.0. The van der Waals surface area contributed by atoms with Crippen LogP contribution >= 0.6 is 23.8 Å². The SMILES string of the molecule is COC(=O)c1ccc(-c2ccc(/C=C3\C(=O)NC(=S)N(c4ccc(C)c(Cl)c4)C3=O)o2)c(C)c1. The molecule has 1 aliphatic rings. The van der Waals surface area contributed by atoms with Crippen LogP contribution in [0.15, 0.2) is 58.5 Å². The van der Waals surface area contributed by atoms with E-state index in [-0.39, 0.29) is 10.7 Å². The van der Waals surface area contributed by atoms with Gasteiger partial charge in [0.15, 0.2) is 5.11 Å². The van der Waals surface area contributed by atoms with Crippen LogP contribution in [0.4, 0.5) is 5.69 Å². The molecule has 0 bridgehead atoms. The molecule has 4 rings (SSSR count). The van der Waals surface area contributed by atoms with E-state index in [0.29, 0.717) is 27.8 Å². The summed E-state index contributed by atoms with van der Waals surface area (Å²) in [5.41, 5.74) is 3.14. The van der Waals surface area contributed by atoms with Gasteiger partial charge in [0, 0.05) is 10.6 Å². The van der Waals surface area contributed by atoms with Crippen LogP contribution in [0.2, 0.25) is 5.02 Å². The number of anilines is 1. The number of amides is 2. The Balaban J connectivity index is 1.66. The summed E-state index contributed by atoms with van der Waals surface area (Å²) >= 11 is 11.4. The van der Waals surface area contributed by atoms with E-state index in [0.717, 1.165) is 16.7 Å². The van der Waals surface area contributed by atoms with Crippen molar-refractivity contribution in [3.05, 3.63) is 81.6 Å². The third-order valence-electron chi connectivity index (χ3n) is 5.34. The molecule has 1 saturated heterocycles. The molecule has 1 fully saturated rings. The highest BCUT2D eigenvalue weighted by Crippen LogP contribution is 2.29. The van der Waals surface area contributed by atoms with Crippen molar-refractivity contribution in [2.45, 2.75) is 13.8 Å². The smallest absolute Gasteiger partial charge is 0.337 e. The number of furan rings is 1. The number of hydrogen-bond acceptors (Lipinski definition) is 6. The zero-order valence-corrected chi connectivity index (χ0v) is 20.0. The number of aryl methyl sites for hydroxylation is 2. The Morgan fingerprint density at radius 3 is 2.53 bits per heavy atom. The van der Waals surface area contributed by atoms with E-state index in [4.69, 9.17) is 33.0 Å². The molecule has 34 heavy (non-hydrogen) atoms. The molecule has 2 heterocycles. The first-order valence-corrected chi connectivity index (χ1v) is 10.9. The second-order valence-corrected chi connectivity index (χ2v) is 8.41. The van der Waals surface area contributed by atoms with Crippen LogP contribution in [-0.4, -0.2) is 30.0 Å². The highest BCUT2D eigenvalue weighted by Gasteiger charge is 2.35. The van der Waals surface area contributed by atoms with Crippen molar-refractivity contribution in [1.82, 2.24) is 5.32 Å². The predicted molar refractivity (Wildman–Crippen MR) is 133 cm³/mol. The minimum atomic E-state index is -0.624. The monoisotopic (exact) mass is 494 g/mol. The average molecular weight is 495 g/mol. The number of carbonyl (C=O) groups is 3. The van der Waals surface area contributed by atoms with E-state index < -0.39 is 17.8 Å². The number of thiocarbonyl (C=S) groups is 1. The topological polar surface area (TPSA) is 88.9 Å². The Morgan fingerprint density at radius 2 is 1.85 bits per heavy atom. The van der Waals surface area contributed by atoms with E-state index in [9.17, 15) is 14.4 Å². The average Bonchev–Trinajstić information content (AvgIpc) is 3.26. The Labute approximate surface area is 205 Å². The fourth-order valence-electron chi connectivity index (χ4n) is 3.52. The number of methoxy groups -OCH3 is 1. The number of carbonyl (C=O) groups excluding carboxylic acids is 3. The summed E-state index contributed by atoms with van der Waals surface area (Å²) in [5, 5.41) is 2.97. The first-order chi connectivity index (χ1) is 16.2. The van der Waals surface area contributed by atoms with Gasteiger partial charge in [0.05, 0.1) is 18.4 Å². The van der Waals surface area contributed by atoms with Gasteiger partial charge < -0.3 is 9.15 Å². The van der Waals surface area contributed by atoms with Crippen molar-refractivity contribution in [3.8, 4) is 11.3 Å². The molecule has 0 spiro atoms. The second kappa shape index (κ2) is 9.24. The molecule has 0 radical (unpaired) electrons. The maximum absolute atomic E-state index is 13.2. The summed E-state index contributed by atoms with van der Waals surface area (Å²) < 4.78 is 10.6. The molecule has 0 aliphatic carbocycles.